The normalized spacial score (nSPS) is 23.1. The molecule has 0 heterocycles. The molecule has 2 aromatic rings. The second-order valence-electron chi connectivity index (χ2n) is 10.8. The van der Waals surface area contributed by atoms with Crippen molar-refractivity contribution in [2.24, 2.45) is 0 Å². The molecule has 0 saturated heterocycles. The molecule has 0 radical (unpaired) electrons. The first-order valence-electron chi connectivity index (χ1n) is 13.6. The van der Waals surface area contributed by atoms with Crippen LogP contribution in [0.15, 0.2) is 47.5 Å². The summed E-state index contributed by atoms with van der Waals surface area (Å²) in [5, 5.41) is 0. The summed E-state index contributed by atoms with van der Waals surface area (Å²) in [6.07, 6.45) is 15.5. The van der Waals surface area contributed by atoms with Gasteiger partial charge in [0.15, 0.2) is 0 Å². The summed E-state index contributed by atoms with van der Waals surface area (Å²) in [5.41, 5.74) is 13.9. The van der Waals surface area contributed by atoms with Crippen molar-refractivity contribution in [3.63, 3.8) is 0 Å². The molecule has 2 saturated carbocycles. The van der Waals surface area contributed by atoms with Crippen molar-refractivity contribution in [3.05, 3.63) is 80.9 Å². The molecule has 170 valence electrons. The molecular formula is C31H38HfSi. The molecule has 33 heavy (non-hydrogen) atoms. The molecular weight excluding hydrogens is 579 g/mol. The first-order chi connectivity index (χ1) is 16.2. The second kappa shape index (κ2) is 9.23. The van der Waals surface area contributed by atoms with Gasteiger partial charge in [-0.3, -0.25) is 0 Å². The van der Waals surface area contributed by atoms with Crippen LogP contribution in [0.25, 0.3) is 12.2 Å². The Morgan fingerprint density at radius 2 is 1.15 bits per heavy atom. The van der Waals surface area contributed by atoms with Crippen LogP contribution in [0.5, 0.6) is 0 Å². The molecule has 2 heteroatoms. The van der Waals surface area contributed by atoms with Gasteiger partial charge in [0.2, 0.25) is 0 Å². The Hall–Kier alpha value is -0.993. The maximum absolute atomic E-state index is 2.69. The van der Waals surface area contributed by atoms with Crippen LogP contribution in [0.4, 0.5) is 0 Å². The SMILES string of the molecule is CCC[SiH]=[Hf]([CH]1C(CC)=Cc2c(C3CC3)cccc21)[CH]1C(CC)=Cc2c(C3CC3)cccc21. The number of hydrogen-bond acceptors (Lipinski definition) is 0. The van der Waals surface area contributed by atoms with E-state index in [1.165, 1.54) is 51.0 Å². The molecule has 4 aliphatic carbocycles. The first kappa shape index (κ1) is 22.5. The van der Waals surface area contributed by atoms with Crippen LogP contribution in [0.3, 0.4) is 0 Å². The van der Waals surface area contributed by atoms with Crippen molar-refractivity contribution in [1.29, 1.82) is 0 Å². The summed E-state index contributed by atoms with van der Waals surface area (Å²) in [6.45, 7) is 7.29. The van der Waals surface area contributed by atoms with Crippen LogP contribution in [0.1, 0.15) is 118 Å². The van der Waals surface area contributed by atoms with Crippen LogP contribution in [0.2, 0.25) is 6.04 Å². The van der Waals surface area contributed by atoms with Gasteiger partial charge in [-0.1, -0.05) is 0 Å². The summed E-state index contributed by atoms with van der Waals surface area (Å²) in [7, 11) is 0. The van der Waals surface area contributed by atoms with Gasteiger partial charge >= 0.3 is 210 Å². The summed E-state index contributed by atoms with van der Waals surface area (Å²) < 4.78 is 1.68. The van der Waals surface area contributed by atoms with Gasteiger partial charge in [-0.15, -0.1) is 0 Å². The predicted molar refractivity (Wildman–Crippen MR) is 141 cm³/mol. The maximum atomic E-state index is 2.69. The van der Waals surface area contributed by atoms with Crippen molar-refractivity contribution < 1.29 is 20.1 Å². The Balaban J connectivity index is 1.50. The zero-order valence-corrected chi connectivity index (χ0v) is 25.4. The Bertz CT molecular complexity index is 1090. The van der Waals surface area contributed by atoms with Gasteiger partial charge < -0.3 is 0 Å². The van der Waals surface area contributed by atoms with E-state index in [2.05, 4.69) is 69.3 Å². The molecule has 2 fully saturated rings. The Labute approximate surface area is 209 Å². The summed E-state index contributed by atoms with van der Waals surface area (Å²) in [4.78, 5) is 0. The van der Waals surface area contributed by atoms with E-state index in [0.717, 1.165) is 19.2 Å². The van der Waals surface area contributed by atoms with E-state index in [0.29, 0.717) is 6.22 Å². The van der Waals surface area contributed by atoms with Crippen molar-refractivity contribution in [2.45, 2.75) is 90.9 Å². The van der Waals surface area contributed by atoms with Crippen LogP contribution < -0.4 is 0 Å². The van der Waals surface area contributed by atoms with E-state index >= 15 is 0 Å². The Kier molecular flexibility index (Phi) is 6.28. The molecule has 6 rings (SSSR count). The van der Waals surface area contributed by atoms with Crippen molar-refractivity contribution in [3.8, 4) is 0 Å². The molecule has 0 bridgehead atoms. The molecule has 0 aromatic heterocycles. The van der Waals surface area contributed by atoms with Crippen molar-refractivity contribution >= 4 is 18.4 Å². The monoisotopic (exact) mass is 618 g/mol. The molecule has 0 amide bonds. The van der Waals surface area contributed by atoms with E-state index in [4.69, 9.17) is 0 Å². The average molecular weight is 617 g/mol. The van der Waals surface area contributed by atoms with E-state index < -0.39 is 20.1 Å². The van der Waals surface area contributed by atoms with Gasteiger partial charge in [0.25, 0.3) is 0 Å². The fraction of sp³-hybridized carbons (Fsp3) is 0.484. The number of hydrogen-bond donors (Lipinski definition) is 0. The molecule has 2 unspecified atom stereocenters. The van der Waals surface area contributed by atoms with Gasteiger partial charge in [-0.05, 0) is 0 Å². The molecule has 2 aromatic carbocycles. The Morgan fingerprint density at radius 3 is 1.55 bits per heavy atom. The molecule has 0 aliphatic heterocycles. The predicted octanol–water partition coefficient (Wildman–Crippen LogP) is 8.64. The van der Waals surface area contributed by atoms with E-state index in [-0.39, 0.29) is 0 Å². The van der Waals surface area contributed by atoms with Gasteiger partial charge in [0.05, 0.1) is 0 Å². The van der Waals surface area contributed by atoms with Crippen LogP contribution in [-0.2, 0) is 20.1 Å². The topological polar surface area (TPSA) is 0 Å². The quantitative estimate of drug-likeness (QED) is 0.261. The van der Waals surface area contributed by atoms with Gasteiger partial charge in [-0.2, -0.15) is 0 Å². The van der Waals surface area contributed by atoms with E-state index in [1.807, 2.05) is 11.1 Å². The number of allylic oxidation sites excluding steroid dienone is 2. The fourth-order valence-electron chi connectivity index (χ4n) is 6.59. The zero-order valence-electron chi connectivity index (χ0n) is 20.7. The van der Waals surface area contributed by atoms with Gasteiger partial charge in [0.1, 0.15) is 0 Å². The molecule has 4 aliphatic rings. The third-order valence-corrected chi connectivity index (χ3v) is 33.2. The molecule has 0 spiro atoms. The summed E-state index contributed by atoms with van der Waals surface area (Å²) in [5.74, 6) is 1.70. The van der Waals surface area contributed by atoms with Gasteiger partial charge in [-0.25, -0.2) is 0 Å². The van der Waals surface area contributed by atoms with Crippen LogP contribution in [0, 0.1) is 0 Å². The fourth-order valence-corrected chi connectivity index (χ4v) is 36.6. The third-order valence-electron chi connectivity index (χ3n) is 8.56. The number of benzene rings is 2. The minimum atomic E-state index is -2.09. The summed E-state index contributed by atoms with van der Waals surface area (Å²) >= 11 is -2.09. The van der Waals surface area contributed by atoms with Crippen molar-refractivity contribution in [1.82, 2.24) is 0 Å². The number of rotatable bonds is 8. The van der Waals surface area contributed by atoms with E-state index in [1.54, 1.807) is 33.4 Å². The molecule has 0 N–H and O–H groups in total. The zero-order chi connectivity index (χ0) is 22.5. The first-order valence-corrected chi connectivity index (χ1v) is 25.4. The standard InChI is InChI=1S/2C14H15.C3H8Si.Hf/c2*1-2-10-8-12-4-3-5-13(11-6-7-11)14(12)9-10;1-2-3-4;/h2*3-5,8-9,11H,2,6-7H2,1H3;4H,2-3H2,1H3;. The Morgan fingerprint density at radius 1 is 0.697 bits per heavy atom. The number of fused-ring (bicyclic) bond motifs is 2. The van der Waals surface area contributed by atoms with Crippen LogP contribution >= 0.6 is 0 Å². The van der Waals surface area contributed by atoms with Crippen LogP contribution in [-0.4, -0.2) is 6.22 Å². The van der Waals surface area contributed by atoms with Crippen molar-refractivity contribution in [2.75, 3.05) is 0 Å². The summed E-state index contributed by atoms with van der Waals surface area (Å²) in [6, 6.07) is 16.3. The average Bonchev–Trinajstić information content (AvgIpc) is 3.78. The van der Waals surface area contributed by atoms with Gasteiger partial charge in [0, 0.05) is 0 Å². The molecule has 0 nitrogen and oxygen atoms in total. The van der Waals surface area contributed by atoms with E-state index in [9.17, 15) is 0 Å². The second-order valence-corrected chi connectivity index (χ2v) is 29.3. The minimum absolute atomic E-state index is 0.621. The molecule has 2 atom stereocenters. The third kappa shape index (κ3) is 3.98.